The van der Waals surface area contributed by atoms with Gasteiger partial charge >= 0.3 is 5.97 Å². The zero-order valence-corrected chi connectivity index (χ0v) is 10.1. The summed E-state index contributed by atoms with van der Waals surface area (Å²) in [5, 5.41) is 9.85. The van der Waals surface area contributed by atoms with Gasteiger partial charge in [-0.2, -0.15) is 0 Å². The molecule has 2 nitrogen and oxygen atoms in total. The molecular formula is C11H16O2Si. The molecule has 0 spiro atoms. The predicted molar refractivity (Wildman–Crippen MR) is 60.9 cm³/mol. The monoisotopic (exact) mass is 208 g/mol. The molecule has 0 bridgehead atoms. The average Bonchev–Trinajstić information content (AvgIpc) is 2.19. The van der Waals surface area contributed by atoms with Gasteiger partial charge in [-0.25, -0.2) is 0 Å². The topological polar surface area (TPSA) is 37.3 Å². The van der Waals surface area contributed by atoms with Crippen LogP contribution in [0.15, 0.2) is 30.3 Å². The summed E-state index contributed by atoms with van der Waals surface area (Å²) in [6.45, 7) is 3.80. The zero-order valence-electron chi connectivity index (χ0n) is 8.66. The van der Waals surface area contributed by atoms with Gasteiger partial charge in [0.2, 0.25) is 0 Å². The fourth-order valence-electron chi connectivity index (χ4n) is 1.40. The highest BCUT2D eigenvalue weighted by Gasteiger charge is 2.31. The summed E-state index contributed by atoms with van der Waals surface area (Å²) in [4.78, 5) is 11.1. The Kier molecular flexibility index (Phi) is 3.47. The third-order valence-corrected chi connectivity index (χ3v) is 5.20. The van der Waals surface area contributed by atoms with Gasteiger partial charge in [-0.15, -0.1) is 0 Å². The molecule has 0 aromatic heterocycles. The number of carbonyl (C=O) groups is 1. The summed E-state index contributed by atoms with van der Waals surface area (Å²) in [6, 6.07) is 9.97. The molecule has 0 amide bonds. The molecule has 0 fully saturated rings. The van der Waals surface area contributed by atoms with Crippen molar-refractivity contribution >= 4 is 20.7 Å². The zero-order chi connectivity index (χ0) is 10.6. The maximum Gasteiger partial charge on any atom is 0.306 e. The number of benzene rings is 1. The van der Waals surface area contributed by atoms with E-state index in [4.69, 9.17) is 5.11 Å². The highest BCUT2D eigenvalue weighted by molar-refractivity contribution is 6.60. The molecule has 76 valence electrons. The van der Waals surface area contributed by atoms with Crippen molar-refractivity contribution in [2.24, 2.45) is 0 Å². The minimum Gasteiger partial charge on any atom is -0.481 e. The van der Waals surface area contributed by atoms with E-state index < -0.39 is 20.5 Å². The lowest BCUT2D eigenvalue weighted by atomic mass is 10.1. The van der Waals surface area contributed by atoms with Crippen molar-refractivity contribution in [2.45, 2.75) is 25.3 Å². The van der Waals surface area contributed by atoms with E-state index in [0.29, 0.717) is 6.42 Å². The van der Waals surface area contributed by atoms with Gasteiger partial charge in [0.15, 0.2) is 0 Å². The molecule has 14 heavy (non-hydrogen) atoms. The first-order valence-corrected chi connectivity index (χ1v) is 6.27. The molecule has 1 atom stereocenters. The normalized spacial score (nSPS) is 15.6. The Morgan fingerprint density at radius 1 is 1.43 bits per heavy atom. The van der Waals surface area contributed by atoms with E-state index >= 15 is 0 Å². The predicted octanol–water partition coefficient (Wildman–Crippen LogP) is 1.15. The molecular weight excluding hydrogens is 192 g/mol. The van der Waals surface area contributed by atoms with Crippen LogP contribution in [0.4, 0.5) is 0 Å². The van der Waals surface area contributed by atoms with Crippen molar-refractivity contribution in [1.82, 2.24) is 0 Å². The first-order chi connectivity index (χ1) is 6.58. The van der Waals surface area contributed by atoms with Gasteiger partial charge in [0.05, 0.1) is 14.6 Å². The van der Waals surface area contributed by atoms with Crippen molar-refractivity contribution in [3.8, 4) is 0 Å². The Labute approximate surface area is 86.8 Å². The number of hydrogen-bond acceptors (Lipinski definition) is 1. The van der Waals surface area contributed by atoms with Crippen LogP contribution >= 0.6 is 0 Å². The molecule has 1 N–H and O–H groups in total. The fourth-order valence-corrected chi connectivity index (χ4v) is 3.21. The molecule has 1 aromatic carbocycles. The molecule has 0 aliphatic carbocycles. The summed E-state index contributed by atoms with van der Waals surface area (Å²) in [5.41, 5.74) is 0. The second kappa shape index (κ2) is 4.42. The standard InChI is InChI=1S/C11H16O2Si/c1-3-11(2,10(12)13)14-9-7-5-4-6-8-9/h4-8H,3,14H2,1-2H3,(H,12,13). The lowest BCUT2D eigenvalue weighted by Crippen LogP contribution is -2.33. The van der Waals surface area contributed by atoms with Crippen LogP contribution < -0.4 is 5.19 Å². The van der Waals surface area contributed by atoms with Crippen LogP contribution in [-0.2, 0) is 4.79 Å². The van der Waals surface area contributed by atoms with Gasteiger partial charge < -0.3 is 5.11 Å². The van der Waals surface area contributed by atoms with Crippen molar-refractivity contribution in [3.05, 3.63) is 30.3 Å². The largest absolute Gasteiger partial charge is 0.481 e. The van der Waals surface area contributed by atoms with Gasteiger partial charge in [0, 0.05) is 0 Å². The average molecular weight is 208 g/mol. The molecule has 0 saturated heterocycles. The first kappa shape index (κ1) is 11.0. The highest BCUT2D eigenvalue weighted by Crippen LogP contribution is 2.27. The number of hydrogen-bond donors (Lipinski definition) is 1. The van der Waals surface area contributed by atoms with Crippen LogP contribution in [-0.4, -0.2) is 20.6 Å². The van der Waals surface area contributed by atoms with Crippen LogP contribution in [0.2, 0.25) is 5.04 Å². The van der Waals surface area contributed by atoms with Crippen molar-refractivity contribution in [3.63, 3.8) is 0 Å². The van der Waals surface area contributed by atoms with Gasteiger partial charge in [0.25, 0.3) is 0 Å². The molecule has 0 heterocycles. The van der Waals surface area contributed by atoms with Crippen LogP contribution in [0.25, 0.3) is 0 Å². The third-order valence-electron chi connectivity index (χ3n) is 2.73. The summed E-state index contributed by atoms with van der Waals surface area (Å²) >= 11 is 0. The summed E-state index contributed by atoms with van der Waals surface area (Å²) < 4.78 is 0. The Hall–Kier alpha value is -1.09. The number of rotatable bonds is 4. The SMILES string of the molecule is CCC(C)([SiH2]c1ccccc1)C(=O)O. The van der Waals surface area contributed by atoms with E-state index in [1.165, 1.54) is 5.19 Å². The van der Waals surface area contributed by atoms with E-state index in [9.17, 15) is 4.79 Å². The second-order valence-corrected chi connectivity index (χ2v) is 6.61. The first-order valence-electron chi connectivity index (χ1n) is 4.86. The van der Waals surface area contributed by atoms with Gasteiger partial charge in [-0.3, -0.25) is 4.79 Å². The van der Waals surface area contributed by atoms with Crippen LogP contribution in [0.1, 0.15) is 20.3 Å². The van der Waals surface area contributed by atoms with Crippen molar-refractivity contribution in [2.75, 3.05) is 0 Å². The van der Waals surface area contributed by atoms with E-state index in [1.807, 2.05) is 44.2 Å². The Morgan fingerprint density at radius 3 is 2.43 bits per heavy atom. The van der Waals surface area contributed by atoms with Gasteiger partial charge in [-0.05, 0) is 6.42 Å². The fraction of sp³-hybridized carbons (Fsp3) is 0.364. The quantitative estimate of drug-likeness (QED) is 0.754. The summed E-state index contributed by atoms with van der Waals surface area (Å²) in [6.07, 6.45) is 0.712. The van der Waals surface area contributed by atoms with Gasteiger partial charge in [0.1, 0.15) is 0 Å². The van der Waals surface area contributed by atoms with Crippen LogP contribution in [0.3, 0.4) is 0 Å². The van der Waals surface area contributed by atoms with E-state index in [1.54, 1.807) is 0 Å². The molecule has 0 aliphatic heterocycles. The van der Waals surface area contributed by atoms with Crippen molar-refractivity contribution < 1.29 is 9.90 Å². The molecule has 3 heteroatoms. The maximum atomic E-state index is 11.1. The van der Waals surface area contributed by atoms with Crippen LogP contribution in [0, 0.1) is 0 Å². The molecule has 0 saturated carbocycles. The Bertz CT molecular complexity index is 310. The van der Waals surface area contributed by atoms with Crippen molar-refractivity contribution in [1.29, 1.82) is 0 Å². The molecule has 1 unspecified atom stereocenters. The smallest absolute Gasteiger partial charge is 0.306 e. The van der Waals surface area contributed by atoms with Gasteiger partial charge in [-0.1, -0.05) is 49.4 Å². The van der Waals surface area contributed by atoms with E-state index in [0.717, 1.165) is 0 Å². The van der Waals surface area contributed by atoms with E-state index in [-0.39, 0.29) is 0 Å². The van der Waals surface area contributed by atoms with E-state index in [2.05, 4.69) is 0 Å². The molecule has 0 aliphatic rings. The second-order valence-electron chi connectivity index (χ2n) is 3.88. The third kappa shape index (κ3) is 2.45. The Morgan fingerprint density at radius 2 is 2.00 bits per heavy atom. The summed E-state index contributed by atoms with van der Waals surface area (Å²) in [7, 11) is -0.741. The maximum absolute atomic E-state index is 11.1. The number of carboxylic acids is 1. The Balaban J connectivity index is 2.81. The summed E-state index contributed by atoms with van der Waals surface area (Å²) in [5.74, 6) is -0.657. The number of aliphatic carboxylic acids is 1. The minimum atomic E-state index is -0.741. The molecule has 1 rings (SSSR count). The van der Waals surface area contributed by atoms with Crippen LogP contribution in [0.5, 0.6) is 0 Å². The minimum absolute atomic E-state index is 0.499. The molecule has 1 aromatic rings. The highest BCUT2D eigenvalue weighted by atomic mass is 28.2. The lowest BCUT2D eigenvalue weighted by molar-refractivity contribution is -0.140. The lowest BCUT2D eigenvalue weighted by Gasteiger charge is -2.22. The number of carboxylic acid groups (broad SMARTS) is 1. The molecule has 0 radical (unpaired) electrons.